The molecule has 0 N–H and O–H groups in total. The van der Waals surface area contributed by atoms with Crippen LogP contribution in [0.25, 0.3) is 32.8 Å². The Morgan fingerprint density at radius 2 is 1.83 bits per heavy atom. The van der Waals surface area contributed by atoms with Crippen LogP contribution in [0.3, 0.4) is 0 Å². The van der Waals surface area contributed by atoms with E-state index < -0.39 is 0 Å². The summed E-state index contributed by atoms with van der Waals surface area (Å²) >= 11 is 0. The summed E-state index contributed by atoms with van der Waals surface area (Å²) in [7, 11) is 1.99. The zero-order valence-corrected chi connectivity index (χ0v) is 24.6. The SMILES string of the molecule is CCOC(=O)c1c(CCCOc2cccc3ccccc23)c2cccc3c2n1CC=CCOCCc1c-3c(C)nn1C. The van der Waals surface area contributed by atoms with Crippen molar-refractivity contribution in [2.24, 2.45) is 7.05 Å². The highest BCUT2D eigenvalue weighted by Gasteiger charge is 2.27. The third-order valence-electron chi connectivity index (χ3n) is 8.00. The van der Waals surface area contributed by atoms with E-state index >= 15 is 0 Å². The topological polar surface area (TPSA) is 67.5 Å². The Balaban J connectivity index is 1.43. The van der Waals surface area contributed by atoms with Gasteiger partial charge in [-0.2, -0.15) is 5.10 Å². The fraction of sp³-hybridized carbons (Fsp3) is 0.314. The molecule has 3 aromatic carbocycles. The number of benzene rings is 3. The summed E-state index contributed by atoms with van der Waals surface area (Å²) in [5.41, 5.74) is 6.91. The Morgan fingerprint density at radius 3 is 2.71 bits per heavy atom. The van der Waals surface area contributed by atoms with E-state index in [1.165, 1.54) is 0 Å². The number of allylic oxidation sites excluding steroid dienone is 1. The van der Waals surface area contributed by atoms with Crippen molar-refractivity contribution >= 4 is 27.6 Å². The Labute approximate surface area is 246 Å². The minimum atomic E-state index is -0.301. The molecule has 0 saturated carbocycles. The molecule has 5 aromatic rings. The number of carbonyl (C=O) groups excluding carboxylic acids is 1. The Bertz CT molecular complexity index is 1770. The van der Waals surface area contributed by atoms with Crippen molar-refractivity contribution in [1.29, 1.82) is 0 Å². The molecule has 216 valence electrons. The number of esters is 1. The number of rotatable bonds is 7. The number of ether oxygens (including phenoxy) is 3. The number of hydrogen-bond donors (Lipinski definition) is 0. The average Bonchev–Trinajstić information content (AvgIpc) is 3.46. The molecule has 6 rings (SSSR count). The molecular formula is C35H37N3O4. The molecule has 1 aliphatic rings. The van der Waals surface area contributed by atoms with Gasteiger partial charge in [0.05, 0.1) is 37.6 Å². The van der Waals surface area contributed by atoms with E-state index in [2.05, 4.69) is 54.0 Å². The van der Waals surface area contributed by atoms with E-state index in [0.29, 0.717) is 45.1 Å². The summed E-state index contributed by atoms with van der Waals surface area (Å²) in [6.45, 7) is 6.41. The number of aromatic nitrogens is 3. The van der Waals surface area contributed by atoms with Gasteiger partial charge in [-0.15, -0.1) is 0 Å². The molecule has 0 amide bonds. The lowest BCUT2D eigenvalue weighted by atomic mass is 9.97. The second-order valence-electron chi connectivity index (χ2n) is 10.6. The number of fused-ring (bicyclic) bond motifs is 3. The first kappa shape index (κ1) is 27.8. The first-order chi connectivity index (χ1) is 20.6. The first-order valence-electron chi connectivity index (χ1n) is 14.8. The standard InChI is InChI=1S/C35H37N3O4/c1-4-41-35(39)34-28(17-11-22-42-31-18-9-13-25-12-5-6-14-26(25)31)27-15-10-16-29-32-24(2)36-37(3)30(32)19-23-40-21-8-7-20-38(34)33(27)29/h5-10,12-16,18H,4,11,17,19-23H2,1-3H3. The van der Waals surface area contributed by atoms with Crippen LogP contribution in [0.5, 0.6) is 5.75 Å². The Hall–Kier alpha value is -4.36. The van der Waals surface area contributed by atoms with Gasteiger partial charge in [0.1, 0.15) is 11.4 Å². The van der Waals surface area contributed by atoms with E-state index in [4.69, 9.17) is 19.3 Å². The smallest absolute Gasteiger partial charge is 0.355 e. The monoisotopic (exact) mass is 563 g/mol. The molecule has 7 nitrogen and oxygen atoms in total. The quantitative estimate of drug-likeness (QED) is 0.123. The molecule has 0 bridgehead atoms. The molecule has 3 heterocycles. The highest BCUT2D eigenvalue weighted by atomic mass is 16.5. The van der Waals surface area contributed by atoms with Crippen molar-refractivity contribution < 1.29 is 19.0 Å². The lowest BCUT2D eigenvalue weighted by molar-refractivity contribution is 0.0513. The Kier molecular flexibility index (Phi) is 8.11. The average molecular weight is 564 g/mol. The van der Waals surface area contributed by atoms with Crippen LogP contribution in [0.2, 0.25) is 0 Å². The molecule has 0 fully saturated rings. The molecule has 42 heavy (non-hydrogen) atoms. The molecule has 0 unspecified atom stereocenters. The summed E-state index contributed by atoms with van der Waals surface area (Å²) in [5, 5.41) is 8.10. The van der Waals surface area contributed by atoms with Crippen LogP contribution in [0.15, 0.2) is 72.8 Å². The lowest BCUT2D eigenvalue weighted by Gasteiger charge is -2.14. The van der Waals surface area contributed by atoms with E-state index in [1.54, 1.807) is 0 Å². The predicted octanol–water partition coefficient (Wildman–Crippen LogP) is 6.82. The van der Waals surface area contributed by atoms with E-state index in [-0.39, 0.29) is 5.97 Å². The second kappa shape index (κ2) is 12.2. The van der Waals surface area contributed by atoms with Gasteiger partial charge in [-0.05, 0) is 43.7 Å². The van der Waals surface area contributed by atoms with Crippen LogP contribution in [-0.4, -0.2) is 46.7 Å². The van der Waals surface area contributed by atoms with Gasteiger partial charge in [0, 0.05) is 47.6 Å². The van der Waals surface area contributed by atoms with Gasteiger partial charge < -0.3 is 18.8 Å². The molecule has 7 heteroatoms. The maximum atomic E-state index is 13.6. The number of para-hydroxylation sites is 1. The van der Waals surface area contributed by atoms with E-state index in [1.807, 2.05) is 49.0 Å². The largest absolute Gasteiger partial charge is 0.493 e. The summed E-state index contributed by atoms with van der Waals surface area (Å²) in [4.78, 5) is 13.6. The zero-order valence-electron chi connectivity index (χ0n) is 24.6. The lowest BCUT2D eigenvalue weighted by Crippen LogP contribution is -2.15. The minimum Gasteiger partial charge on any atom is -0.493 e. The number of aryl methyl sites for hydroxylation is 3. The van der Waals surface area contributed by atoms with Gasteiger partial charge >= 0.3 is 5.97 Å². The normalized spacial score (nSPS) is 13.5. The van der Waals surface area contributed by atoms with E-state index in [9.17, 15) is 4.79 Å². The highest BCUT2D eigenvalue weighted by Crippen LogP contribution is 2.38. The summed E-state index contributed by atoms with van der Waals surface area (Å²) in [6.07, 6.45) is 6.28. The number of nitrogens with zero attached hydrogens (tertiary/aromatic N) is 3. The van der Waals surface area contributed by atoms with Crippen LogP contribution in [0.4, 0.5) is 0 Å². The molecule has 2 aromatic heterocycles. The first-order valence-corrected chi connectivity index (χ1v) is 14.8. The second-order valence-corrected chi connectivity index (χ2v) is 10.6. The molecule has 0 saturated heterocycles. The molecule has 1 aliphatic heterocycles. The van der Waals surface area contributed by atoms with Crippen LogP contribution in [-0.2, 0) is 35.9 Å². The van der Waals surface area contributed by atoms with Crippen molar-refractivity contribution in [2.45, 2.75) is 39.7 Å². The maximum Gasteiger partial charge on any atom is 0.355 e. The van der Waals surface area contributed by atoms with E-state index in [0.717, 1.165) is 68.3 Å². The van der Waals surface area contributed by atoms with Crippen LogP contribution in [0.1, 0.15) is 40.8 Å². The van der Waals surface area contributed by atoms with Gasteiger partial charge in [0.25, 0.3) is 0 Å². The summed E-state index contributed by atoms with van der Waals surface area (Å²) in [6, 6.07) is 20.7. The molecule has 0 atom stereocenters. The number of carbonyl (C=O) groups is 1. The summed E-state index contributed by atoms with van der Waals surface area (Å²) < 4.78 is 21.9. The van der Waals surface area contributed by atoms with Gasteiger partial charge in [0.15, 0.2) is 0 Å². The van der Waals surface area contributed by atoms with Crippen molar-refractivity contribution in [1.82, 2.24) is 14.3 Å². The molecule has 0 spiro atoms. The van der Waals surface area contributed by atoms with Gasteiger partial charge in [-0.1, -0.05) is 66.7 Å². The van der Waals surface area contributed by atoms with Crippen LogP contribution < -0.4 is 4.74 Å². The van der Waals surface area contributed by atoms with Crippen LogP contribution >= 0.6 is 0 Å². The van der Waals surface area contributed by atoms with Crippen LogP contribution in [0, 0.1) is 6.92 Å². The molecular weight excluding hydrogens is 526 g/mol. The zero-order chi connectivity index (χ0) is 29.1. The van der Waals surface area contributed by atoms with Crippen molar-refractivity contribution in [3.63, 3.8) is 0 Å². The number of hydrogen-bond acceptors (Lipinski definition) is 5. The van der Waals surface area contributed by atoms with Crippen molar-refractivity contribution in [2.75, 3.05) is 26.4 Å². The maximum absolute atomic E-state index is 13.6. The van der Waals surface area contributed by atoms with Crippen molar-refractivity contribution in [3.8, 4) is 16.9 Å². The molecule has 0 radical (unpaired) electrons. The predicted molar refractivity (Wildman–Crippen MR) is 166 cm³/mol. The van der Waals surface area contributed by atoms with Gasteiger partial charge in [-0.25, -0.2) is 4.79 Å². The minimum absolute atomic E-state index is 0.301. The third kappa shape index (κ3) is 5.21. The third-order valence-corrected chi connectivity index (χ3v) is 8.00. The van der Waals surface area contributed by atoms with Gasteiger partial charge in [-0.3, -0.25) is 4.68 Å². The fourth-order valence-corrected chi connectivity index (χ4v) is 6.21. The highest BCUT2D eigenvalue weighted by molar-refractivity contribution is 6.05. The fourth-order valence-electron chi connectivity index (χ4n) is 6.21. The van der Waals surface area contributed by atoms with Crippen molar-refractivity contribution in [3.05, 3.63) is 95.5 Å². The summed E-state index contributed by atoms with van der Waals surface area (Å²) in [5.74, 6) is 0.574. The Morgan fingerprint density at radius 1 is 1.02 bits per heavy atom. The molecule has 0 aliphatic carbocycles. The van der Waals surface area contributed by atoms with Gasteiger partial charge in [0.2, 0.25) is 0 Å².